The maximum atomic E-state index is 12.3. The van der Waals surface area contributed by atoms with E-state index in [-0.39, 0.29) is 6.03 Å². The molecule has 122 valence electrons. The molecule has 7 nitrogen and oxygen atoms in total. The minimum absolute atomic E-state index is 0.0753. The van der Waals surface area contributed by atoms with Gasteiger partial charge in [-0.15, -0.1) is 5.10 Å². The molecular formula is C15H25N5O2. The third-order valence-corrected chi connectivity index (χ3v) is 4.53. The van der Waals surface area contributed by atoms with Gasteiger partial charge >= 0.3 is 12.0 Å². The first kappa shape index (κ1) is 15.1. The Morgan fingerprint density at radius 2 is 1.91 bits per heavy atom. The van der Waals surface area contributed by atoms with Crippen molar-refractivity contribution in [2.45, 2.75) is 51.5 Å². The molecule has 2 aliphatic rings. The van der Waals surface area contributed by atoms with Crippen LogP contribution in [0.2, 0.25) is 0 Å². The number of nitrogens with zero attached hydrogens (tertiary/aromatic N) is 4. The zero-order chi connectivity index (χ0) is 15.4. The van der Waals surface area contributed by atoms with Crippen LogP contribution in [0.15, 0.2) is 4.42 Å². The second-order valence-corrected chi connectivity index (χ2v) is 6.09. The molecule has 2 amide bonds. The lowest BCUT2D eigenvalue weighted by atomic mass is 9.96. The van der Waals surface area contributed by atoms with Gasteiger partial charge in [0.05, 0.1) is 0 Å². The summed E-state index contributed by atoms with van der Waals surface area (Å²) in [6, 6.07) is 1.01. The number of piperazine rings is 1. The number of hydrogen-bond donors (Lipinski definition) is 1. The van der Waals surface area contributed by atoms with Crippen LogP contribution >= 0.6 is 0 Å². The zero-order valence-electron chi connectivity index (χ0n) is 13.3. The third-order valence-electron chi connectivity index (χ3n) is 4.53. The summed E-state index contributed by atoms with van der Waals surface area (Å²) in [5.41, 5.74) is 0. The summed E-state index contributed by atoms with van der Waals surface area (Å²) in [7, 11) is 0. The van der Waals surface area contributed by atoms with Crippen molar-refractivity contribution in [1.29, 1.82) is 0 Å². The van der Waals surface area contributed by atoms with E-state index in [1.54, 1.807) is 0 Å². The Morgan fingerprint density at radius 3 is 2.55 bits per heavy atom. The lowest BCUT2D eigenvalue weighted by molar-refractivity contribution is 0.185. The average Bonchev–Trinajstić information content (AvgIpc) is 3.05. The Kier molecular flexibility index (Phi) is 4.80. The van der Waals surface area contributed by atoms with E-state index in [9.17, 15) is 4.79 Å². The molecule has 7 heteroatoms. The topological polar surface area (TPSA) is 74.5 Å². The van der Waals surface area contributed by atoms with Gasteiger partial charge in [-0.2, -0.15) is 0 Å². The van der Waals surface area contributed by atoms with Crippen LogP contribution < -0.4 is 10.2 Å². The van der Waals surface area contributed by atoms with Crippen LogP contribution in [0.3, 0.4) is 0 Å². The fraction of sp³-hybridized carbons (Fsp3) is 0.800. The summed E-state index contributed by atoms with van der Waals surface area (Å²) in [6.07, 6.45) is 6.75. The second kappa shape index (κ2) is 6.98. The molecule has 1 aromatic heterocycles. The summed E-state index contributed by atoms with van der Waals surface area (Å²) in [4.78, 5) is 16.2. The van der Waals surface area contributed by atoms with Gasteiger partial charge in [0, 0.05) is 38.6 Å². The van der Waals surface area contributed by atoms with E-state index in [4.69, 9.17) is 4.42 Å². The van der Waals surface area contributed by atoms with E-state index >= 15 is 0 Å². The first-order valence-corrected chi connectivity index (χ1v) is 8.39. The third kappa shape index (κ3) is 3.51. The molecule has 0 bridgehead atoms. The van der Waals surface area contributed by atoms with Gasteiger partial charge in [-0.1, -0.05) is 31.3 Å². The fourth-order valence-corrected chi connectivity index (χ4v) is 3.13. The normalized spacial score (nSPS) is 20.2. The summed E-state index contributed by atoms with van der Waals surface area (Å²) in [6.45, 7) is 4.86. The molecule has 0 aromatic carbocycles. The van der Waals surface area contributed by atoms with Crippen molar-refractivity contribution < 1.29 is 9.21 Å². The van der Waals surface area contributed by atoms with Crippen LogP contribution in [0.5, 0.6) is 0 Å². The second-order valence-electron chi connectivity index (χ2n) is 6.09. The Bertz CT molecular complexity index is 490. The lowest BCUT2D eigenvalue weighted by Crippen LogP contribution is -2.53. The predicted molar refractivity (Wildman–Crippen MR) is 82.9 cm³/mol. The van der Waals surface area contributed by atoms with Crippen molar-refractivity contribution in [3.05, 3.63) is 5.89 Å². The molecule has 0 atom stereocenters. The SMILES string of the molecule is CCc1nnc(N2CCN(C(=O)NC3CCCCC3)CC2)o1. The lowest BCUT2D eigenvalue weighted by Gasteiger charge is -2.35. The van der Waals surface area contributed by atoms with Gasteiger partial charge in [0.2, 0.25) is 5.89 Å². The number of hydrogen-bond acceptors (Lipinski definition) is 5. The number of aromatic nitrogens is 2. The Balaban J connectivity index is 1.47. The summed E-state index contributed by atoms with van der Waals surface area (Å²) >= 11 is 0. The van der Waals surface area contributed by atoms with E-state index in [1.165, 1.54) is 19.3 Å². The minimum Gasteiger partial charge on any atom is -0.408 e. The van der Waals surface area contributed by atoms with Crippen LogP contribution in [0, 0.1) is 0 Å². The molecule has 2 fully saturated rings. The molecule has 1 saturated carbocycles. The van der Waals surface area contributed by atoms with Crippen LogP contribution in [0.25, 0.3) is 0 Å². The molecule has 0 spiro atoms. The summed E-state index contributed by atoms with van der Waals surface area (Å²) in [5, 5.41) is 11.2. The number of carbonyl (C=O) groups is 1. The molecular weight excluding hydrogens is 282 g/mol. The maximum Gasteiger partial charge on any atom is 0.318 e. The van der Waals surface area contributed by atoms with E-state index in [0.717, 1.165) is 32.4 Å². The van der Waals surface area contributed by atoms with Gasteiger partial charge in [0.25, 0.3) is 0 Å². The van der Waals surface area contributed by atoms with E-state index in [2.05, 4.69) is 20.4 Å². The molecule has 1 saturated heterocycles. The first-order chi connectivity index (χ1) is 10.8. The number of aryl methyl sites for hydroxylation is 1. The number of nitrogens with one attached hydrogen (secondary N) is 1. The van der Waals surface area contributed by atoms with E-state index in [1.807, 2.05) is 11.8 Å². The quantitative estimate of drug-likeness (QED) is 0.921. The van der Waals surface area contributed by atoms with Crippen LogP contribution in [-0.4, -0.2) is 53.3 Å². The Morgan fingerprint density at radius 1 is 1.18 bits per heavy atom. The van der Waals surface area contributed by atoms with Gasteiger partial charge in [-0.05, 0) is 12.8 Å². The highest BCUT2D eigenvalue weighted by molar-refractivity contribution is 5.74. The smallest absolute Gasteiger partial charge is 0.318 e. The number of anilines is 1. The molecule has 1 N–H and O–H groups in total. The van der Waals surface area contributed by atoms with Crippen LogP contribution in [-0.2, 0) is 6.42 Å². The van der Waals surface area contributed by atoms with Gasteiger partial charge in [0.15, 0.2) is 0 Å². The summed E-state index contributed by atoms with van der Waals surface area (Å²) in [5.74, 6) is 0.660. The number of amides is 2. The standard InChI is InChI=1S/C15H25N5O2/c1-2-13-17-18-15(22-13)20-10-8-19(9-11-20)14(21)16-12-6-4-3-5-7-12/h12H,2-11H2,1H3,(H,16,21). The minimum atomic E-state index is 0.0753. The zero-order valence-corrected chi connectivity index (χ0v) is 13.3. The summed E-state index contributed by atoms with van der Waals surface area (Å²) < 4.78 is 5.57. The van der Waals surface area contributed by atoms with Crippen molar-refractivity contribution in [2.24, 2.45) is 0 Å². The van der Waals surface area contributed by atoms with Crippen molar-refractivity contribution in [1.82, 2.24) is 20.4 Å². The highest BCUT2D eigenvalue weighted by Crippen LogP contribution is 2.18. The van der Waals surface area contributed by atoms with Crippen molar-refractivity contribution in [3.63, 3.8) is 0 Å². The molecule has 1 aromatic rings. The van der Waals surface area contributed by atoms with Gasteiger partial charge in [0.1, 0.15) is 0 Å². The number of urea groups is 1. The molecule has 1 aliphatic heterocycles. The van der Waals surface area contributed by atoms with Gasteiger partial charge in [-0.25, -0.2) is 4.79 Å². The van der Waals surface area contributed by atoms with Crippen molar-refractivity contribution in [2.75, 3.05) is 31.1 Å². The molecule has 1 aliphatic carbocycles. The average molecular weight is 307 g/mol. The van der Waals surface area contributed by atoms with Crippen LogP contribution in [0.4, 0.5) is 10.8 Å². The molecule has 0 radical (unpaired) electrons. The van der Waals surface area contributed by atoms with E-state index < -0.39 is 0 Å². The van der Waals surface area contributed by atoms with E-state index in [0.29, 0.717) is 31.0 Å². The molecule has 0 unspecified atom stereocenters. The fourth-order valence-electron chi connectivity index (χ4n) is 3.13. The van der Waals surface area contributed by atoms with Gasteiger partial charge < -0.3 is 19.5 Å². The Hall–Kier alpha value is -1.79. The van der Waals surface area contributed by atoms with Gasteiger partial charge in [-0.3, -0.25) is 0 Å². The predicted octanol–water partition coefficient (Wildman–Crippen LogP) is 1.80. The Labute approximate surface area is 131 Å². The first-order valence-electron chi connectivity index (χ1n) is 8.39. The monoisotopic (exact) mass is 307 g/mol. The highest BCUT2D eigenvalue weighted by Gasteiger charge is 2.25. The molecule has 3 rings (SSSR count). The van der Waals surface area contributed by atoms with Crippen molar-refractivity contribution >= 4 is 12.0 Å². The highest BCUT2D eigenvalue weighted by atomic mass is 16.4. The largest absolute Gasteiger partial charge is 0.408 e. The maximum absolute atomic E-state index is 12.3. The number of rotatable bonds is 3. The number of carbonyl (C=O) groups excluding carboxylic acids is 1. The van der Waals surface area contributed by atoms with Crippen molar-refractivity contribution in [3.8, 4) is 0 Å². The van der Waals surface area contributed by atoms with Crippen LogP contribution in [0.1, 0.15) is 44.9 Å². The molecule has 2 heterocycles. The molecule has 22 heavy (non-hydrogen) atoms.